The highest BCUT2D eigenvalue weighted by Crippen LogP contribution is 2.14. The molecule has 4 heteroatoms. The molecule has 0 fully saturated rings. The first-order valence-electron chi connectivity index (χ1n) is 7.25. The standard InChI is InChI=1S/C19H16N4/c1-14(2)16-7-10-19(21-13-16)23-15(3)12-18(22-23)9-8-17-6-4-5-11-20-17/h4-7,10-13H,1H2,2-3H3. The third kappa shape index (κ3) is 3.35. The molecule has 3 aromatic rings. The molecule has 0 spiro atoms. The normalized spacial score (nSPS) is 10.0. The second kappa shape index (κ2) is 6.29. The Bertz CT molecular complexity index is 894. The molecule has 3 heterocycles. The fourth-order valence-corrected chi connectivity index (χ4v) is 2.10. The Balaban J connectivity index is 1.89. The van der Waals surface area contributed by atoms with Crippen molar-refractivity contribution in [2.24, 2.45) is 0 Å². The molecule has 0 unspecified atom stereocenters. The highest BCUT2D eigenvalue weighted by atomic mass is 15.3. The van der Waals surface area contributed by atoms with Crippen LogP contribution in [0.5, 0.6) is 0 Å². The summed E-state index contributed by atoms with van der Waals surface area (Å²) in [4.78, 5) is 8.62. The zero-order valence-electron chi connectivity index (χ0n) is 13.1. The van der Waals surface area contributed by atoms with E-state index in [-0.39, 0.29) is 0 Å². The molecule has 0 aromatic carbocycles. The molecule has 112 valence electrons. The van der Waals surface area contributed by atoms with Gasteiger partial charge in [0.25, 0.3) is 0 Å². The van der Waals surface area contributed by atoms with Gasteiger partial charge in [-0.05, 0) is 67.2 Å². The van der Waals surface area contributed by atoms with Crippen LogP contribution in [0, 0.1) is 18.8 Å². The second-order valence-electron chi connectivity index (χ2n) is 5.23. The number of hydrogen-bond acceptors (Lipinski definition) is 3. The Hall–Kier alpha value is -3.19. The summed E-state index contributed by atoms with van der Waals surface area (Å²) in [7, 11) is 0. The van der Waals surface area contributed by atoms with Gasteiger partial charge < -0.3 is 0 Å². The van der Waals surface area contributed by atoms with Gasteiger partial charge in [0, 0.05) is 18.1 Å². The van der Waals surface area contributed by atoms with Crippen molar-refractivity contribution in [3.05, 3.63) is 78.0 Å². The second-order valence-corrected chi connectivity index (χ2v) is 5.23. The van der Waals surface area contributed by atoms with Crippen LogP contribution in [-0.4, -0.2) is 19.7 Å². The summed E-state index contributed by atoms with van der Waals surface area (Å²) in [6.07, 6.45) is 3.53. The maximum absolute atomic E-state index is 4.50. The predicted octanol–water partition coefficient (Wildman–Crippen LogP) is 3.40. The SMILES string of the molecule is C=C(C)c1ccc(-n2nc(C#Cc3ccccn3)cc2C)nc1. The smallest absolute Gasteiger partial charge is 0.153 e. The van der Waals surface area contributed by atoms with Crippen LogP contribution in [0.4, 0.5) is 0 Å². The Morgan fingerprint density at radius 3 is 2.57 bits per heavy atom. The first-order valence-corrected chi connectivity index (χ1v) is 7.25. The summed E-state index contributed by atoms with van der Waals surface area (Å²) in [5.74, 6) is 6.81. The highest BCUT2D eigenvalue weighted by Gasteiger charge is 2.06. The van der Waals surface area contributed by atoms with Gasteiger partial charge in [-0.25, -0.2) is 14.6 Å². The lowest BCUT2D eigenvalue weighted by Gasteiger charge is -2.04. The minimum atomic E-state index is 0.693. The molecule has 23 heavy (non-hydrogen) atoms. The maximum Gasteiger partial charge on any atom is 0.153 e. The van der Waals surface area contributed by atoms with E-state index in [4.69, 9.17) is 0 Å². The van der Waals surface area contributed by atoms with Crippen molar-refractivity contribution in [3.63, 3.8) is 0 Å². The van der Waals surface area contributed by atoms with Crippen LogP contribution >= 0.6 is 0 Å². The average Bonchev–Trinajstić information content (AvgIpc) is 2.95. The minimum Gasteiger partial charge on any atom is -0.248 e. The van der Waals surface area contributed by atoms with Crippen LogP contribution in [0.3, 0.4) is 0 Å². The van der Waals surface area contributed by atoms with Gasteiger partial charge in [-0.3, -0.25) is 0 Å². The number of nitrogens with zero attached hydrogens (tertiary/aromatic N) is 4. The van der Waals surface area contributed by atoms with E-state index in [1.165, 1.54) is 0 Å². The molecule has 0 aliphatic heterocycles. The van der Waals surface area contributed by atoms with Gasteiger partial charge in [0.2, 0.25) is 0 Å². The molecule has 0 radical (unpaired) electrons. The Kier molecular flexibility index (Phi) is 4.03. The number of aromatic nitrogens is 4. The van der Waals surface area contributed by atoms with E-state index < -0.39 is 0 Å². The third-order valence-electron chi connectivity index (χ3n) is 3.33. The summed E-state index contributed by atoms with van der Waals surface area (Å²) in [5.41, 5.74) is 4.41. The summed E-state index contributed by atoms with van der Waals surface area (Å²) in [6, 6.07) is 11.5. The van der Waals surface area contributed by atoms with Crippen LogP contribution < -0.4 is 0 Å². The molecule has 0 atom stereocenters. The largest absolute Gasteiger partial charge is 0.248 e. The van der Waals surface area contributed by atoms with Crippen molar-refractivity contribution in [3.8, 4) is 17.7 Å². The lowest BCUT2D eigenvalue weighted by Crippen LogP contribution is -2.01. The molecule has 0 N–H and O–H groups in total. The van der Waals surface area contributed by atoms with Crippen molar-refractivity contribution < 1.29 is 0 Å². The molecular formula is C19H16N4. The molecule has 0 amide bonds. The van der Waals surface area contributed by atoms with Crippen LogP contribution in [0.15, 0.2) is 55.4 Å². The van der Waals surface area contributed by atoms with E-state index in [2.05, 4.69) is 33.5 Å². The molecule has 0 bridgehead atoms. The molecular weight excluding hydrogens is 284 g/mol. The van der Waals surface area contributed by atoms with E-state index >= 15 is 0 Å². The zero-order chi connectivity index (χ0) is 16.2. The van der Waals surface area contributed by atoms with Gasteiger partial charge >= 0.3 is 0 Å². The van der Waals surface area contributed by atoms with E-state index in [1.807, 2.05) is 50.2 Å². The van der Waals surface area contributed by atoms with Crippen LogP contribution in [0.1, 0.15) is 29.6 Å². The lowest BCUT2D eigenvalue weighted by molar-refractivity contribution is 0.813. The van der Waals surface area contributed by atoms with E-state index in [1.54, 1.807) is 17.1 Å². The van der Waals surface area contributed by atoms with Gasteiger partial charge in [-0.1, -0.05) is 12.6 Å². The van der Waals surface area contributed by atoms with Crippen molar-refractivity contribution in [1.82, 2.24) is 19.7 Å². The van der Waals surface area contributed by atoms with E-state index in [0.29, 0.717) is 5.69 Å². The molecule has 4 nitrogen and oxygen atoms in total. The van der Waals surface area contributed by atoms with Crippen LogP contribution in [-0.2, 0) is 0 Å². The Labute approximate surface area is 135 Å². The van der Waals surface area contributed by atoms with Crippen molar-refractivity contribution >= 4 is 5.57 Å². The predicted molar refractivity (Wildman–Crippen MR) is 91.0 cm³/mol. The summed E-state index contributed by atoms with van der Waals surface area (Å²) in [6.45, 7) is 7.85. The molecule has 3 aromatic heterocycles. The lowest BCUT2D eigenvalue weighted by atomic mass is 10.1. The molecule has 0 aliphatic rings. The fourth-order valence-electron chi connectivity index (χ4n) is 2.10. The van der Waals surface area contributed by atoms with Crippen molar-refractivity contribution in [2.45, 2.75) is 13.8 Å². The van der Waals surface area contributed by atoms with Crippen molar-refractivity contribution in [2.75, 3.05) is 0 Å². The van der Waals surface area contributed by atoms with Gasteiger partial charge in [0.05, 0.1) is 0 Å². The quantitative estimate of drug-likeness (QED) is 0.681. The van der Waals surface area contributed by atoms with E-state index in [9.17, 15) is 0 Å². The summed E-state index contributed by atoms with van der Waals surface area (Å²) in [5, 5.41) is 4.50. The van der Waals surface area contributed by atoms with Gasteiger partial charge in [0.1, 0.15) is 11.4 Å². The van der Waals surface area contributed by atoms with Gasteiger partial charge in [0.15, 0.2) is 5.82 Å². The summed E-state index contributed by atoms with van der Waals surface area (Å²) >= 11 is 0. The van der Waals surface area contributed by atoms with Gasteiger partial charge in [-0.2, -0.15) is 5.10 Å². The first-order chi connectivity index (χ1) is 11.1. The monoisotopic (exact) mass is 300 g/mol. The zero-order valence-corrected chi connectivity index (χ0v) is 13.1. The van der Waals surface area contributed by atoms with Gasteiger partial charge in [-0.15, -0.1) is 0 Å². The van der Waals surface area contributed by atoms with E-state index in [0.717, 1.165) is 28.3 Å². The average molecular weight is 300 g/mol. The maximum atomic E-state index is 4.50. The Morgan fingerprint density at radius 2 is 1.91 bits per heavy atom. The number of pyridine rings is 2. The molecule has 0 aliphatic carbocycles. The Morgan fingerprint density at radius 1 is 1.09 bits per heavy atom. The number of allylic oxidation sites excluding steroid dienone is 1. The third-order valence-corrected chi connectivity index (χ3v) is 3.33. The van der Waals surface area contributed by atoms with Crippen LogP contribution in [0.25, 0.3) is 11.4 Å². The molecule has 0 saturated carbocycles. The molecule has 0 saturated heterocycles. The topological polar surface area (TPSA) is 43.6 Å². The fraction of sp³-hybridized carbons (Fsp3) is 0.105. The number of aryl methyl sites for hydroxylation is 1. The highest BCUT2D eigenvalue weighted by molar-refractivity contribution is 5.60. The van der Waals surface area contributed by atoms with Crippen molar-refractivity contribution in [1.29, 1.82) is 0 Å². The minimum absolute atomic E-state index is 0.693. The summed E-state index contributed by atoms with van der Waals surface area (Å²) < 4.78 is 1.78. The number of rotatable bonds is 2. The first kappa shape index (κ1) is 14.7. The molecule has 3 rings (SSSR count). The number of hydrogen-bond donors (Lipinski definition) is 0. The van der Waals surface area contributed by atoms with Crippen LogP contribution in [0.2, 0.25) is 0 Å².